The quantitative estimate of drug-likeness (QED) is 0.736. The van der Waals surface area contributed by atoms with E-state index >= 15 is 0 Å². The highest BCUT2D eigenvalue weighted by atomic mass is 32.2. The Morgan fingerprint density at radius 2 is 1.79 bits per heavy atom. The van der Waals surface area contributed by atoms with Crippen molar-refractivity contribution in [3.8, 4) is 11.5 Å². The molecule has 0 atom stereocenters. The summed E-state index contributed by atoms with van der Waals surface area (Å²) in [7, 11) is -3.73. The Labute approximate surface area is 167 Å². The van der Waals surface area contributed by atoms with Gasteiger partial charge in [-0.15, -0.1) is 0 Å². The molecule has 3 rings (SSSR count). The third-order valence-electron chi connectivity index (χ3n) is 4.18. The van der Waals surface area contributed by atoms with Crippen molar-refractivity contribution in [2.45, 2.75) is 12.8 Å². The fourth-order valence-electron chi connectivity index (χ4n) is 2.85. The van der Waals surface area contributed by atoms with Crippen molar-refractivity contribution < 1.29 is 31.5 Å². The molecule has 156 valence electrons. The van der Waals surface area contributed by atoms with E-state index < -0.39 is 21.7 Å². The van der Waals surface area contributed by atoms with Crippen LogP contribution in [0, 0.1) is 11.6 Å². The summed E-state index contributed by atoms with van der Waals surface area (Å²) in [6.45, 7) is 0.835. The summed E-state index contributed by atoms with van der Waals surface area (Å²) in [4.78, 5) is 12.2. The number of halogens is 2. The summed E-state index contributed by atoms with van der Waals surface area (Å²) in [5, 5.41) is 2.71. The second kappa shape index (κ2) is 8.64. The summed E-state index contributed by atoms with van der Waals surface area (Å²) in [5.74, 6) is -1.39. The van der Waals surface area contributed by atoms with Crippen LogP contribution < -0.4 is 19.1 Å². The van der Waals surface area contributed by atoms with Crippen molar-refractivity contribution in [2.24, 2.45) is 0 Å². The Morgan fingerprint density at radius 3 is 2.48 bits per heavy atom. The van der Waals surface area contributed by atoms with Gasteiger partial charge in [-0.2, -0.15) is 0 Å². The van der Waals surface area contributed by atoms with Gasteiger partial charge in [-0.1, -0.05) is 0 Å². The van der Waals surface area contributed by atoms with Crippen molar-refractivity contribution >= 4 is 27.3 Å². The molecular formula is C19H20F2N2O5S. The van der Waals surface area contributed by atoms with Crippen LogP contribution in [0.15, 0.2) is 36.4 Å². The number of ether oxygens (including phenoxy) is 2. The molecule has 0 aromatic heterocycles. The van der Waals surface area contributed by atoms with Crippen LogP contribution >= 0.6 is 0 Å². The van der Waals surface area contributed by atoms with Gasteiger partial charge in [-0.3, -0.25) is 9.10 Å². The van der Waals surface area contributed by atoms with Crippen molar-refractivity contribution in [3.05, 3.63) is 48.0 Å². The lowest BCUT2D eigenvalue weighted by atomic mass is 10.2. The van der Waals surface area contributed by atoms with Crippen LogP contribution in [-0.2, 0) is 14.8 Å². The van der Waals surface area contributed by atoms with Crippen LogP contribution in [0.3, 0.4) is 0 Å². The van der Waals surface area contributed by atoms with E-state index in [0.717, 1.165) is 22.7 Å². The molecule has 0 saturated heterocycles. The number of nitrogens with one attached hydrogen (secondary N) is 1. The predicted molar refractivity (Wildman–Crippen MR) is 104 cm³/mol. The average molecular weight is 426 g/mol. The number of fused-ring (bicyclic) bond motifs is 1. The Morgan fingerprint density at radius 1 is 1.07 bits per heavy atom. The number of amides is 1. The monoisotopic (exact) mass is 426 g/mol. The van der Waals surface area contributed by atoms with E-state index in [2.05, 4.69) is 5.32 Å². The second-order valence-electron chi connectivity index (χ2n) is 6.44. The predicted octanol–water partition coefficient (Wildman–Crippen LogP) is 2.92. The van der Waals surface area contributed by atoms with E-state index in [4.69, 9.17) is 9.47 Å². The minimum Gasteiger partial charge on any atom is -0.486 e. The molecule has 0 fully saturated rings. The Kier molecular flexibility index (Phi) is 6.21. The summed E-state index contributed by atoms with van der Waals surface area (Å²) in [6, 6.07) is 7.86. The molecule has 10 heteroatoms. The number of nitrogens with zero attached hydrogens (tertiary/aromatic N) is 1. The molecule has 0 aliphatic carbocycles. The Bertz CT molecular complexity index is 1010. The first-order valence-electron chi connectivity index (χ1n) is 8.86. The standard InChI is InChI=1S/C19H20F2N2O5S/c1-29(25,26)23(14-5-6-15(20)16(21)12-14)8-2-3-19(24)22-13-4-7-17-18(11-13)28-10-9-27-17/h4-7,11-12H,2-3,8-10H2,1H3,(H,22,24). The van der Waals surface area contributed by atoms with Gasteiger partial charge in [0.15, 0.2) is 23.1 Å². The lowest BCUT2D eigenvalue weighted by molar-refractivity contribution is -0.116. The molecule has 1 amide bonds. The zero-order chi connectivity index (χ0) is 21.0. The van der Waals surface area contributed by atoms with Gasteiger partial charge in [0.25, 0.3) is 0 Å². The van der Waals surface area contributed by atoms with Gasteiger partial charge in [-0.05, 0) is 30.7 Å². The van der Waals surface area contributed by atoms with Crippen LogP contribution in [0.1, 0.15) is 12.8 Å². The minimum atomic E-state index is -3.73. The van der Waals surface area contributed by atoms with E-state index in [0.29, 0.717) is 30.4 Å². The van der Waals surface area contributed by atoms with Gasteiger partial charge >= 0.3 is 0 Å². The number of carbonyl (C=O) groups excluding carboxylic acids is 1. The number of benzene rings is 2. The number of anilines is 2. The number of rotatable bonds is 7. The molecule has 2 aromatic rings. The topological polar surface area (TPSA) is 84.9 Å². The number of carbonyl (C=O) groups is 1. The first-order valence-corrected chi connectivity index (χ1v) is 10.7. The van der Waals surface area contributed by atoms with Gasteiger partial charge in [0, 0.05) is 30.8 Å². The van der Waals surface area contributed by atoms with Gasteiger partial charge in [-0.25, -0.2) is 17.2 Å². The number of hydrogen-bond donors (Lipinski definition) is 1. The molecule has 0 radical (unpaired) electrons. The molecule has 7 nitrogen and oxygen atoms in total. The second-order valence-corrected chi connectivity index (χ2v) is 8.35. The van der Waals surface area contributed by atoms with Crippen LogP contribution in [-0.4, -0.2) is 40.3 Å². The highest BCUT2D eigenvalue weighted by molar-refractivity contribution is 7.92. The summed E-state index contributed by atoms with van der Waals surface area (Å²) in [6.07, 6.45) is 1.18. The summed E-state index contributed by atoms with van der Waals surface area (Å²) < 4.78 is 62.4. The van der Waals surface area contributed by atoms with E-state index in [1.54, 1.807) is 18.2 Å². The SMILES string of the molecule is CS(=O)(=O)N(CCCC(=O)Nc1ccc2c(c1)OCCO2)c1ccc(F)c(F)c1. The van der Waals surface area contributed by atoms with Crippen LogP contribution in [0.4, 0.5) is 20.2 Å². The lowest BCUT2D eigenvalue weighted by Crippen LogP contribution is -2.31. The van der Waals surface area contributed by atoms with Crippen LogP contribution in [0.5, 0.6) is 11.5 Å². The number of sulfonamides is 1. The highest BCUT2D eigenvalue weighted by Gasteiger charge is 2.19. The Hall–Kier alpha value is -2.88. The normalized spacial score (nSPS) is 13.1. The molecule has 1 aliphatic heterocycles. The maximum atomic E-state index is 13.5. The third kappa shape index (κ3) is 5.35. The first-order chi connectivity index (χ1) is 13.7. The van der Waals surface area contributed by atoms with E-state index in [1.165, 1.54) is 6.07 Å². The summed E-state index contributed by atoms with van der Waals surface area (Å²) in [5.41, 5.74) is 0.526. The van der Waals surface area contributed by atoms with Crippen molar-refractivity contribution in [1.82, 2.24) is 0 Å². The molecule has 1 heterocycles. The molecule has 0 bridgehead atoms. The van der Waals surface area contributed by atoms with Crippen LogP contribution in [0.25, 0.3) is 0 Å². The zero-order valence-corrected chi connectivity index (χ0v) is 16.5. The molecular weight excluding hydrogens is 406 g/mol. The Balaban J connectivity index is 1.59. The zero-order valence-electron chi connectivity index (χ0n) is 15.7. The highest BCUT2D eigenvalue weighted by Crippen LogP contribution is 2.32. The van der Waals surface area contributed by atoms with Crippen molar-refractivity contribution in [1.29, 1.82) is 0 Å². The van der Waals surface area contributed by atoms with Gasteiger partial charge in [0.1, 0.15) is 13.2 Å². The maximum Gasteiger partial charge on any atom is 0.232 e. The lowest BCUT2D eigenvalue weighted by Gasteiger charge is -2.22. The van der Waals surface area contributed by atoms with Gasteiger partial charge in [0.2, 0.25) is 15.9 Å². The van der Waals surface area contributed by atoms with Crippen molar-refractivity contribution in [3.63, 3.8) is 0 Å². The van der Waals surface area contributed by atoms with E-state index in [9.17, 15) is 22.0 Å². The maximum absolute atomic E-state index is 13.5. The van der Waals surface area contributed by atoms with Gasteiger partial charge in [0.05, 0.1) is 11.9 Å². The molecule has 0 saturated carbocycles. The largest absolute Gasteiger partial charge is 0.486 e. The smallest absolute Gasteiger partial charge is 0.232 e. The summed E-state index contributed by atoms with van der Waals surface area (Å²) >= 11 is 0. The fraction of sp³-hybridized carbons (Fsp3) is 0.316. The van der Waals surface area contributed by atoms with Crippen LogP contribution in [0.2, 0.25) is 0 Å². The molecule has 29 heavy (non-hydrogen) atoms. The number of hydrogen-bond acceptors (Lipinski definition) is 5. The van der Waals surface area contributed by atoms with E-state index in [-0.39, 0.29) is 31.0 Å². The molecule has 2 aromatic carbocycles. The molecule has 1 N–H and O–H groups in total. The molecule has 0 spiro atoms. The average Bonchev–Trinajstić information content (AvgIpc) is 2.66. The third-order valence-corrected chi connectivity index (χ3v) is 5.38. The molecule has 0 unspecified atom stereocenters. The fourth-order valence-corrected chi connectivity index (χ4v) is 3.81. The van der Waals surface area contributed by atoms with Crippen molar-refractivity contribution in [2.75, 3.05) is 35.6 Å². The first kappa shape index (κ1) is 20.8. The minimum absolute atomic E-state index is 0.00126. The van der Waals surface area contributed by atoms with E-state index in [1.807, 2.05) is 0 Å². The van der Waals surface area contributed by atoms with Gasteiger partial charge < -0.3 is 14.8 Å². The molecule has 1 aliphatic rings.